The molecule has 2 N–H and O–H groups in total. The fraction of sp³-hybridized carbons (Fsp3) is 0.353. The molecular formula is C17H21N5O2. The summed E-state index contributed by atoms with van der Waals surface area (Å²) in [6, 6.07) is 7.26. The molecule has 3 rings (SSSR count). The molecule has 0 aromatic carbocycles. The normalized spacial score (nSPS) is 16.9. The molecule has 1 atom stereocenters. The summed E-state index contributed by atoms with van der Waals surface area (Å²) in [5.41, 5.74) is 0.846. The Morgan fingerprint density at radius 3 is 2.92 bits per heavy atom. The molecule has 1 aliphatic heterocycles. The molecule has 0 unspecified atom stereocenters. The fourth-order valence-electron chi connectivity index (χ4n) is 2.83. The summed E-state index contributed by atoms with van der Waals surface area (Å²) < 4.78 is 1.45. The van der Waals surface area contributed by atoms with Crippen LogP contribution in [0.1, 0.15) is 12.0 Å². The third-order valence-electron chi connectivity index (χ3n) is 4.21. The monoisotopic (exact) mass is 327 g/mol. The van der Waals surface area contributed by atoms with Crippen LogP contribution in [0, 0.1) is 6.92 Å². The maximum Gasteiger partial charge on any atom is 0.319 e. The highest BCUT2D eigenvalue weighted by molar-refractivity contribution is 5.90. The number of aromatic nitrogens is 2. The number of nitrogens with zero attached hydrogens (tertiary/aromatic N) is 3. The topological polar surface area (TPSA) is 79.3 Å². The second-order valence-electron chi connectivity index (χ2n) is 6.01. The summed E-state index contributed by atoms with van der Waals surface area (Å²) in [5, 5.41) is 5.62. The Hall–Kier alpha value is -2.83. The highest BCUT2D eigenvalue weighted by Crippen LogP contribution is 2.17. The van der Waals surface area contributed by atoms with Gasteiger partial charge in [0.2, 0.25) is 0 Å². The first kappa shape index (κ1) is 16.0. The Kier molecular flexibility index (Phi) is 4.50. The van der Waals surface area contributed by atoms with Crippen molar-refractivity contribution in [2.24, 2.45) is 7.05 Å². The van der Waals surface area contributed by atoms with Crippen molar-refractivity contribution in [3.8, 4) is 0 Å². The van der Waals surface area contributed by atoms with E-state index < -0.39 is 0 Å². The Labute approximate surface area is 140 Å². The van der Waals surface area contributed by atoms with Crippen LogP contribution in [-0.2, 0) is 7.05 Å². The van der Waals surface area contributed by atoms with Crippen LogP contribution in [0.2, 0.25) is 0 Å². The quantitative estimate of drug-likeness (QED) is 0.895. The number of carbonyl (C=O) groups is 1. The highest BCUT2D eigenvalue weighted by Gasteiger charge is 2.25. The molecule has 2 aromatic rings. The van der Waals surface area contributed by atoms with Gasteiger partial charge < -0.3 is 20.1 Å². The molecule has 0 spiro atoms. The summed E-state index contributed by atoms with van der Waals surface area (Å²) in [5.74, 6) is 0.912. The van der Waals surface area contributed by atoms with Gasteiger partial charge in [0.05, 0.1) is 0 Å². The molecule has 0 bridgehead atoms. The number of anilines is 2. The molecule has 0 saturated carbocycles. The zero-order valence-corrected chi connectivity index (χ0v) is 13.8. The second-order valence-corrected chi connectivity index (χ2v) is 6.01. The largest absolute Gasteiger partial charge is 0.354 e. The van der Waals surface area contributed by atoms with E-state index in [1.54, 1.807) is 32.4 Å². The number of pyridine rings is 2. The van der Waals surface area contributed by atoms with Crippen LogP contribution in [0.4, 0.5) is 16.3 Å². The molecule has 24 heavy (non-hydrogen) atoms. The average Bonchev–Trinajstić information content (AvgIpc) is 3.04. The van der Waals surface area contributed by atoms with Gasteiger partial charge in [0.1, 0.15) is 11.5 Å². The zero-order valence-electron chi connectivity index (χ0n) is 13.8. The molecule has 2 aromatic heterocycles. The zero-order chi connectivity index (χ0) is 17.1. The molecule has 1 aliphatic rings. The molecule has 0 aliphatic carbocycles. The van der Waals surface area contributed by atoms with Crippen molar-refractivity contribution in [2.75, 3.05) is 23.3 Å². The molecule has 0 radical (unpaired) electrons. The minimum atomic E-state index is -0.353. The second kappa shape index (κ2) is 6.74. The predicted octanol–water partition coefficient (Wildman–Crippen LogP) is 1.49. The van der Waals surface area contributed by atoms with Crippen LogP contribution >= 0.6 is 0 Å². The van der Waals surface area contributed by atoms with E-state index in [4.69, 9.17) is 0 Å². The molecule has 1 fully saturated rings. The SMILES string of the molecule is Cc1ccn(C)c(=O)c1NC(=O)N[C@H]1CCN(c2ccccn2)C1. The van der Waals surface area contributed by atoms with E-state index in [-0.39, 0.29) is 17.6 Å². The Bertz CT molecular complexity index is 787. The van der Waals surface area contributed by atoms with E-state index in [0.29, 0.717) is 12.2 Å². The van der Waals surface area contributed by atoms with Gasteiger partial charge in [-0.15, -0.1) is 0 Å². The molecular weight excluding hydrogens is 306 g/mol. The molecule has 1 saturated heterocycles. The number of urea groups is 1. The molecule has 7 heteroatoms. The minimum Gasteiger partial charge on any atom is -0.354 e. The minimum absolute atomic E-state index is 0.0277. The molecule has 7 nitrogen and oxygen atoms in total. The summed E-state index contributed by atoms with van der Waals surface area (Å²) in [4.78, 5) is 30.8. The van der Waals surface area contributed by atoms with Gasteiger partial charge in [-0.1, -0.05) is 6.07 Å². The number of rotatable bonds is 3. The van der Waals surface area contributed by atoms with E-state index in [2.05, 4.69) is 20.5 Å². The lowest BCUT2D eigenvalue weighted by Gasteiger charge is -2.18. The van der Waals surface area contributed by atoms with E-state index >= 15 is 0 Å². The van der Waals surface area contributed by atoms with Crippen LogP contribution in [0.15, 0.2) is 41.5 Å². The first-order valence-corrected chi connectivity index (χ1v) is 7.94. The number of carbonyl (C=O) groups excluding carboxylic acids is 1. The van der Waals surface area contributed by atoms with Crippen LogP contribution in [0.25, 0.3) is 0 Å². The smallest absolute Gasteiger partial charge is 0.319 e. The Morgan fingerprint density at radius 1 is 1.33 bits per heavy atom. The summed E-state index contributed by atoms with van der Waals surface area (Å²) in [6.07, 6.45) is 4.29. The molecule has 3 heterocycles. The van der Waals surface area contributed by atoms with Crippen LogP contribution in [0.5, 0.6) is 0 Å². The predicted molar refractivity (Wildman–Crippen MR) is 93.4 cm³/mol. The van der Waals surface area contributed by atoms with Crippen molar-refractivity contribution in [2.45, 2.75) is 19.4 Å². The van der Waals surface area contributed by atoms with Crippen molar-refractivity contribution >= 4 is 17.5 Å². The maximum absolute atomic E-state index is 12.2. The number of hydrogen-bond donors (Lipinski definition) is 2. The third-order valence-corrected chi connectivity index (χ3v) is 4.21. The van der Waals surface area contributed by atoms with Gasteiger partial charge in [0, 0.05) is 38.6 Å². The fourth-order valence-corrected chi connectivity index (χ4v) is 2.83. The average molecular weight is 327 g/mol. The lowest BCUT2D eigenvalue weighted by molar-refractivity contribution is 0.249. The van der Waals surface area contributed by atoms with Crippen molar-refractivity contribution in [3.63, 3.8) is 0 Å². The summed E-state index contributed by atoms with van der Waals surface area (Å²) in [6.45, 7) is 3.35. The lowest BCUT2D eigenvalue weighted by Crippen LogP contribution is -2.41. The molecule has 126 valence electrons. The number of nitrogens with one attached hydrogen (secondary N) is 2. The first-order chi connectivity index (χ1) is 11.5. The molecule has 2 amide bonds. The van der Waals surface area contributed by atoms with Gasteiger partial charge in [0.15, 0.2) is 0 Å². The van der Waals surface area contributed by atoms with Gasteiger partial charge in [0.25, 0.3) is 5.56 Å². The van der Waals surface area contributed by atoms with E-state index in [1.807, 2.05) is 18.2 Å². The van der Waals surface area contributed by atoms with E-state index in [1.165, 1.54) is 4.57 Å². The van der Waals surface area contributed by atoms with Gasteiger partial charge in [-0.05, 0) is 37.1 Å². The Morgan fingerprint density at radius 2 is 2.17 bits per heavy atom. The maximum atomic E-state index is 12.2. The standard InChI is InChI=1S/C17H21N5O2/c1-12-6-9-21(2)16(23)15(12)20-17(24)19-13-7-10-22(11-13)14-5-3-4-8-18-14/h3-6,8-9,13H,7,10-11H2,1-2H3,(H2,19,20,24)/t13-/m0/s1. The first-order valence-electron chi connectivity index (χ1n) is 7.94. The number of amides is 2. The summed E-state index contributed by atoms with van der Waals surface area (Å²) in [7, 11) is 1.66. The third kappa shape index (κ3) is 3.40. The number of hydrogen-bond acceptors (Lipinski definition) is 4. The lowest BCUT2D eigenvalue weighted by atomic mass is 10.2. The van der Waals surface area contributed by atoms with Crippen LogP contribution in [-0.4, -0.2) is 34.7 Å². The Balaban J connectivity index is 1.61. The number of aryl methyl sites for hydroxylation is 2. The summed E-state index contributed by atoms with van der Waals surface area (Å²) >= 11 is 0. The van der Waals surface area contributed by atoms with Crippen molar-refractivity contribution in [3.05, 3.63) is 52.6 Å². The highest BCUT2D eigenvalue weighted by atomic mass is 16.2. The van der Waals surface area contributed by atoms with Gasteiger partial charge in [-0.25, -0.2) is 9.78 Å². The van der Waals surface area contributed by atoms with E-state index in [0.717, 1.165) is 24.3 Å². The van der Waals surface area contributed by atoms with Gasteiger partial charge in [-0.3, -0.25) is 4.79 Å². The van der Waals surface area contributed by atoms with Gasteiger partial charge >= 0.3 is 6.03 Å². The van der Waals surface area contributed by atoms with Crippen molar-refractivity contribution in [1.29, 1.82) is 0 Å². The van der Waals surface area contributed by atoms with Crippen LogP contribution < -0.4 is 21.1 Å². The van der Waals surface area contributed by atoms with Crippen molar-refractivity contribution in [1.82, 2.24) is 14.9 Å². The van der Waals surface area contributed by atoms with E-state index in [9.17, 15) is 9.59 Å². The van der Waals surface area contributed by atoms with Gasteiger partial charge in [-0.2, -0.15) is 0 Å². The van der Waals surface area contributed by atoms with Crippen molar-refractivity contribution < 1.29 is 4.79 Å². The van der Waals surface area contributed by atoms with Crippen LogP contribution in [0.3, 0.4) is 0 Å².